The maximum absolute atomic E-state index is 13.0. The van der Waals surface area contributed by atoms with E-state index < -0.39 is 0 Å². The van der Waals surface area contributed by atoms with Crippen LogP contribution in [0.4, 0.5) is 5.00 Å². The Labute approximate surface area is 146 Å². The van der Waals surface area contributed by atoms with E-state index in [0.29, 0.717) is 0 Å². The normalized spacial score (nSPS) is 26.8. The number of piperidine rings is 1. The number of amides is 2. The van der Waals surface area contributed by atoms with Gasteiger partial charge in [0, 0.05) is 31.0 Å². The van der Waals surface area contributed by atoms with Crippen LogP contribution in [0.1, 0.15) is 47.3 Å². The Morgan fingerprint density at radius 1 is 1.38 bits per heavy atom. The highest BCUT2D eigenvalue weighted by Gasteiger charge is 2.40. The molecule has 1 aliphatic carbocycles. The van der Waals surface area contributed by atoms with E-state index in [1.54, 1.807) is 0 Å². The zero-order valence-electron chi connectivity index (χ0n) is 14.1. The number of likely N-dealkylation sites (tertiary alicyclic amines) is 1. The number of nitrogens with one attached hydrogen (secondary N) is 1. The van der Waals surface area contributed by atoms with E-state index in [-0.39, 0.29) is 23.1 Å². The van der Waals surface area contributed by atoms with Gasteiger partial charge in [0.25, 0.3) is 5.91 Å². The second kappa shape index (κ2) is 6.15. The molecule has 2 aliphatic heterocycles. The molecule has 2 amide bonds. The number of rotatable bonds is 3. The highest BCUT2D eigenvalue weighted by molar-refractivity contribution is 7.18. The predicted molar refractivity (Wildman–Crippen MR) is 93.4 cm³/mol. The minimum atomic E-state index is 0.0929. The number of carbonyl (C=O) groups excluding carboxylic acids is 2. The Morgan fingerprint density at radius 3 is 2.92 bits per heavy atom. The molecule has 6 heteroatoms. The monoisotopic (exact) mass is 348 g/mol. The van der Waals surface area contributed by atoms with Gasteiger partial charge in [0.05, 0.1) is 16.5 Å². The van der Waals surface area contributed by atoms with Gasteiger partial charge in [-0.15, -0.1) is 11.3 Å². The SMILES string of the molecule is Cc1cc(NC(=O)C2CC2)sc1C(=O)N1CCCC2(CCOC2)C1. The average Bonchev–Trinajstić information content (AvgIpc) is 3.24. The van der Waals surface area contributed by atoms with Crippen LogP contribution < -0.4 is 5.32 Å². The summed E-state index contributed by atoms with van der Waals surface area (Å²) in [5.74, 6) is 0.376. The van der Waals surface area contributed by atoms with E-state index in [1.807, 2.05) is 17.9 Å². The Morgan fingerprint density at radius 2 is 2.21 bits per heavy atom. The van der Waals surface area contributed by atoms with Crippen molar-refractivity contribution in [1.82, 2.24) is 4.90 Å². The first-order chi connectivity index (χ1) is 11.6. The molecule has 24 heavy (non-hydrogen) atoms. The quantitative estimate of drug-likeness (QED) is 0.913. The van der Waals surface area contributed by atoms with Gasteiger partial charge in [-0.1, -0.05) is 0 Å². The summed E-state index contributed by atoms with van der Waals surface area (Å²) in [6.07, 6.45) is 5.23. The summed E-state index contributed by atoms with van der Waals surface area (Å²) in [6.45, 7) is 5.17. The number of hydrogen-bond donors (Lipinski definition) is 1. The number of ether oxygens (including phenoxy) is 1. The van der Waals surface area contributed by atoms with Crippen LogP contribution in [0.25, 0.3) is 0 Å². The maximum atomic E-state index is 13.0. The molecular weight excluding hydrogens is 324 g/mol. The second-order valence-corrected chi connectivity index (χ2v) is 8.57. The van der Waals surface area contributed by atoms with Crippen molar-refractivity contribution in [3.05, 3.63) is 16.5 Å². The zero-order chi connectivity index (χ0) is 16.7. The fourth-order valence-electron chi connectivity index (χ4n) is 3.82. The first-order valence-electron chi connectivity index (χ1n) is 8.85. The van der Waals surface area contributed by atoms with Gasteiger partial charge in [-0.2, -0.15) is 0 Å². The lowest BCUT2D eigenvalue weighted by Gasteiger charge is -2.39. The lowest BCUT2D eigenvalue weighted by atomic mass is 9.79. The predicted octanol–water partition coefficient (Wildman–Crippen LogP) is 3.05. The van der Waals surface area contributed by atoms with Gasteiger partial charge in [-0.05, 0) is 50.7 Å². The van der Waals surface area contributed by atoms with Gasteiger partial charge >= 0.3 is 0 Å². The van der Waals surface area contributed by atoms with Crippen molar-refractivity contribution in [3.63, 3.8) is 0 Å². The first kappa shape index (κ1) is 16.1. The molecule has 3 aliphatic rings. The van der Waals surface area contributed by atoms with E-state index in [1.165, 1.54) is 11.3 Å². The molecule has 1 unspecified atom stereocenters. The number of nitrogens with zero attached hydrogens (tertiary/aromatic N) is 1. The van der Waals surface area contributed by atoms with Crippen molar-refractivity contribution in [2.45, 2.75) is 39.0 Å². The Hall–Kier alpha value is -1.40. The minimum Gasteiger partial charge on any atom is -0.381 e. The van der Waals surface area contributed by atoms with Crippen LogP contribution in [0.2, 0.25) is 0 Å². The molecule has 1 atom stereocenters. The first-order valence-corrected chi connectivity index (χ1v) is 9.66. The van der Waals surface area contributed by atoms with Crippen molar-refractivity contribution in [2.24, 2.45) is 11.3 Å². The van der Waals surface area contributed by atoms with E-state index in [2.05, 4.69) is 5.32 Å². The Bertz CT molecular complexity index is 659. The third kappa shape index (κ3) is 3.09. The maximum Gasteiger partial charge on any atom is 0.264 e. The fourth-order valence-corrected chi connectivity index (χ4v) is 4.86. The smallest absolute Gasteiger partial charge is 0.264 e. The molecule has 0 bridgehead atoms. The molecule has 1 N–H and O–H groups in total. The van der Waals surface area contributed by atoms with E-state index in [9.17, 15) is 9.59 Å². The van der Waals surface area contributed by atoms with Crippen molar-refractivity contribution in [2.75, 3.05) is 31.6 Å². The van der Waals surface area contributed by atoms with Gasteiger partial charge in [-0.25, -0.2) is 0 Å². The fraction of sp³-hybridized carbons (Fsp3) is 0.667. The number of carbonyl (C=O) groups is 2. The molecule has 0 aromatic carbocycles. The zero-order valence-corrected chi connectivity index (χ0v) is 14.9. The number of anilines is 1. The molecule has 1 aromatic rings. The largest absolute Gasteiger partial charge is 0.381 e. The lowest BCUT2D eigenvalue weighted by Crippen LogP contribution is -2.46. The van der Waals surface area contributed by atoms with Crippen LogP contribution in [0.15, 0.2) is 6.07 Å². The van der Waals surface area contributed by atoms with Crippen LogP contribution in [0, 0.1) is 18.3 Å². The Balaban J connectivity index is 1.47. The summed E-state index contributed by atoms with van der Waals surface area (Å²) in [4.78, 5) is 27.7. The number of aryl methyl sites for hydroxylation is 1. The number of hydrogen-bond acceptors (Lipinski definition) is 4. The third-order valence-electron chi connectivity index (χ3n) is 5.44. The molecule has 1 aromatic heterocycles. The molecule has 1 spiro atoms. The minimum absolute atomic E-state index is 0.0929. The molecule has 0 radical (unpaired) electrons. The highest BCUT2D eigenvalue weighted by Crippen LogP contribution is 2.39. The van der Waals surface area contributed by atoms with Crippen LogP contribution in [0.3, 0.4) is 0 Å². The molecule has 5 nitrogen and oxygen atoms in total. The highest BCUT2D eigenvalue weighted by atomic mass is 32.1. The molecule has 1 saturated carbocycles. The standard InChI is InChI=1S/C18H24N2O3S/c1-12-9-14(19-16(21)13-3-4-13)24-15(12)17(22)20-7-2-5-18(10-20)6-8-23-11-18/h9,13H,2-8,10-11H2,1H3,(H,19,21). The summed E-state index contributed by atoms with van der Waals surface area (Å²) >= 11 is 1.41. The second-order valence-electron chi connectivity index (χ2n) is 7.52. The van der Waals surface area contributed by atoms with Crippen molar-refractivity contribution in [3.8, 4) is 0 Å². The summed E-state index contributed by atoms with van der Waals surface area (Å²) in [5, 5.41) is 3.76. The van der Waals surface area contributed by atoms with Crippen LogP contribution in [-0.4, -0.2) is 43.0 Å². The molecule has 3 fully saturated rings. The van der Waals surface area contributed by atoms with Crippen LogP contribution in [-0.2, 0) is 9.53 Å². The summed E-state index contributed by atoms with van der Waals surface area (Å²) in [6, 6.07) is 1.93. The number of thiophene rings is 1. The van der Waals surface area contributed by atoms with Gasteiger partial charge in [-0.3, -0.25) is 9.59 Å². The van der Waals surface area contributed by atoms with Crippen LogP contribution >= 0.6 is 11.3 Å². The molecular formula is C18H24N2O3S. The molecule has 3 heterocycles. The Kier molecular flexibility index (Phi) is 4.12. The summed E-state index contributed by atoms with van der Waals surface area (Å²) in [7, 11) is 0. The average molecular weight is 348 g/mol. The van der Waals surface area contributed by atoms with Crippen LogP contribution in [0.5, 0.6) is 0 Å². The van der Waals surface area contributed by atoms with Gasteiger partial charge in [0.15, 0.2) is 0 Å². The molecule has 130 valence electrons. The molecule has 4 rings (SSSR count). The topological polar surface area (TPSA) is 58.6 Å². The lowest BCUT2D eigenvalue weighted by molar-refractivity contribution is -0.117. The third-order valence-corrected chi connectivity index (χ3v) is 6.58. The summed E-state index contributed by atoms with van der Waals surface area (Å²) < 4.78 is 5.59. The van der Waals surface area contributed by atoms with Gasteiger partial charge in [0.1, 0.15) is 0 Å². The summed E-state index contributed by atoms with van der Waals surface area (Å²) in [5.41, 5.74) is 1.13. The van der Waals surface area contributed by atoms with E-state index >= 15 is 0 Å². The van der Waals surface area contributed by atoms with Crippen molar-refractivity contribution >= 4 is 28.2 Å². The van der Waals surface area contributed by atoms with Gasteiger partial charge < -0.3 is 15.0 Å². The van der Waals surface area contributed by atoms with Crippen molar-refractivity contribution < 1.29 is 14.3 Å². The van der Waals surface area contributed by atoms with E-state index in [0.717, 1.165) is 73.8 Å². The molecule has 2 saturated heterocycles. The van der Waals surface area contributed by atoms with E-state index in [4.69, 9.17) is 4.74 Å². The van der Waals surface area contributed by atoms with Gasteiger partial charge in [0.2, 0.25) is 5.91 Å². The van der Waals surface area contributed by atoms with Crippen molar-refractivity contribution in [1.29, 1.82) is 0 Å².